The molecule has 7 heavy (non-hydrogen) atoms. The lowest BCUT2D eigenvalue weighted by molar-refractivity contribution is 0.613. The van der Waals surface area contributed by atoms with Crippen molar-refractivity contribution < 1.29 is 8.42 Å². The van der Waals surface area contributed by atoms with Crippen LogP contribution in [0.25, 0.3) is 0 Å². The molecule has 2 nitrogen and oxygen atoms in total. The molecule has 0 fully saturated rings. The molecule has 0 aromatic rings. The fourth-order valence-electron chi connectivity index (χ4n) is 0.0861. The summed E-state index contributed by atoms with van der Waals surface area (Å²) in [5.74, 6) is 0. The zero-order valence-corrected chi connectivity index (χ0v) is 4.73. The van der Waals surface area contributed by atoms with Crippen LogP contribution in [-0.2, 0) is 10.7 Å². The van der Waals surface area contributed by atoms with Gasteiger partial charge in [-0.25, -0.2) is 8.42 Å². The van der Waals surface area contributed by atoms with Crippen LogP contribution in [-0.4, -0.2) is 13.7 Å². The lowest BCUT2D eigenvalue weighted by Crippen LogP contribution is -1.96. The Morgan fingerprint density at radius 1 is 1.57 bits per heavy atom. The van der Waals surface area contributed by atoms with Crippen LogP contribution in [0.3, 0.4) is 0 Å². The van der Waals surface area contributed by atoms with Crippen molar-refractivity contribution in [1.29, 1.82) is 0 Å². The first-order valence-electron chi connectivity index (χ1n) is 1.77. The Morgan fingerprint density at radius 3 is 2.00 bits per heavy atom. The normalized spacial score (nSPS) is 14.0. The number of hydrogen-bond acceptors (Lipinski definition) is 2. The Kier molecular flexibility index (Phi) is 2.67. The molecule has 0 bridgehead atoms. The zero-order valence-electron chi connectivity index (χ0n) is 3.83. The summed E-state index contributed by atoms with van der Waals surface area (Å²) in [6, 6.07) is 0. The Hall–Kier alpha value is -0.310. The van der Waals surface area contributed by atoms with Gasteiger partial charge in [0, 0.05) is 0 Å². The fourth-order valence-corrected chi connectivity index (χ4v) is 0.258. The van der Waals surface area contributed by atoms with E-state index in [0.717, 1.165) is 0 Å². The van der Waals surface area contributed by atoms with Gasteiger partial charge in [0.05, 0.1) is 5.25 Å². The van der Waals surface area contributed by atoms with Gasteiger partial charge in [-0.05, 0) is 6.92 Å². The molecule has 0 aromatic carbocycles. The Labute approximate surface area is 44.8 Å². The van der Waals surface area contributed by atoms with E-state index in [4.69, 9.17) is 0 Å². The van der Waals surface area contributed by atoms with E-state index in [1.807, 2.05) is 0 Å². The second kappa shape index (κ2) is 2.80. The molecule has 3 heteroatoms. The third-order valence-electron chi connectivity index (χ3n) is 0.543. The van der Waals surface area contributed by atoms with Crippen molar-refractivity contribution in [3.63, 3.8) is 0 Å². The first kappa shape index (κ1) is 6.69. The lowest BCUT2D eigenvalue weighted by Gasteiger charge is -1.86. The van der Waals surface area contributed by atoms with Crippen LogP contribution in [0.1, 0.15) is 0 Å². The maximum atomic E-state index is 9.83. The highest BCUT2D eigenvalue weighted by atomic mass is 32.2. The van der Waals surface area contributed by atoms with Gasteiger partial charge in [-0.3, -0.25) is 0 Å². The monoisotopic (exact) mass is 119 g/mol. The van der Waals surface area contributed by atoms with E-state index in [9.17, 15) is 8.42 Å². The van der Waals surface area contributed by atoms with E-state index in [2.05, 4.69) is 13.5 Å². The highest BCUT2D eigenvalue weighted by Gasteiger charge is 1.92. The smallest absolute Gasteiger partial charge is 0.146 e. The van der Waals surface area contributed by atoms with Crippen LogP contribution in [0.15, 0.2) is 12.7 Å². The van der Waals surface area contributed by atoms with Crippen LogP contribution in [0.2, 0.25) is 0 Å². The minimum Gasteiger partial charge on any atom is -0.231 e. The van der Waals surface area contributed by atoms with Crippen LogP contribution in [0, 0.1) is 6.92 Å². The fraction of sp³-hybridized carbons (Fsp3) is 0.250. The van der Waals surface area contributed by atoms with Gasteiger partial charge in [-0.2, -0.15) is 0 Å². The van der Waals surface area contributed by atoms with Crippen molar-refractivity contribution in [3.8, 4) is 0 Å². The van der Waals surface area contributed by atoms with Gasteiger partial charge in [0.2, 0.25) is 0 Å². The minimum absolute atomic E-state index is 0.630. The van der Waals surface area contributed by atoms with Gasteiger partial charge in [0.1, 0.15) is 10.7 Å². The van der Waals surface area contributed by atoms with Crippen LogP contribution >= 0.6 is 0 Å². The van der Waals surface area contributed by atoms with Gasteiger partial charge in [-0.1, -0.05) is 6.08 Å². The lowest BCUT2D eigenvalue weighted by atomic mass is 10.5. The highest BCUT2D eigenvalue weighted by molar-refractivity contribution is 7.73. The minimum atomic E-state index is -2.39. The first-order valence-corrected chi connectivity index (χ1v) is 3.02. The summed E-state index contributed by atoms with van der Waals surface area (Å²) in [5.41, 5.74) is 0. The molecule has 1 radical (unpaired) electrons. The van der Waals surface area contributed by atoms with Gasteiger partial charge >= 0.3 is 0 Å². The van der Waals surface area contributed by atoms with E-state index in [1.165, 1.54) is 6.08 Å². The van der Waals surface area contributed by atoms with Crippen molar-refractivity contribution >= 4 is 10.7 Å². The molecule has 0 rings (SSSR count). The molecule has 0 saturated carbocycles. The second-order valence-corrected chi connectivity index (χ2v) is 2.32. The molecule has 0 saturated heterocycles. The largest absolute Gasteiger partial charge is 0.231 e. The average Bonchev–Trinajstić information content (AvgIpc) is 1.65. The number of rotatable bonds is 2. The Morgan fingerprint density at radius 2 is 2.00 bits per heavy atom. The summed E-state index contributed by atoms with van der Waals surface area (Å²) in [4.78, 5) is 0. The molecular weight excluding hydrogens is 112 g/mol. The first-order chi connectivity index (χ1) is 3.18. The molecule has 0 aliphatic carbocycles. The molecule has 0 aliphatic heterocycles. The van der Waals surface area contributed by atoms with Crippen molar-refractivity contribution in [2.45, 2.75) is 5.25 Å². The molecule has 0 N–H and O–H groups in total. The maximum absolute atomic E-state index is 9.83. The highest BCUT2D eigenvalue weighted by Crippen LogP contribution is 1.83. The second-order valence-electron chi connectivity index (χ2n) is 1.09. The molecule has 0 heterocycles. The molecule has 0 aliphatic rings. The summed E-state index contributed by atoms with van der Waals surface area (Å²) < 4.78 is 19.7. The van der Waals surface area contributed by atoms with Crippen molar-refractivity contribution in [3.05, 3.63) is 19.6 Å². The van der Waals surface area contributed by atoms with E-state index in [0.29, 0.717) is 0 Å². The topological polar surface area (TPSA) is 34.1 Å². The van der Waals surface area contributed by atoms with Crippen LogP contribution in [0.4, 0.5) is 0 Å². The van der Waals surface area contributed by atoms with Crippen molar-refractivity contribution in [2.75, 3.05) is 0 Å². The summed E-state index contributed by atoms with van der Waals surface area (Å²) in [6.45, 7) is 6.48. The molecule has 0 aromatic heterocycles. The number of thiol groups is 1. The summed E-state index contributed by atoms with van der Waals surface area (Å²) in [5, 5.41) is -0.630. The zero-order chi connectivity index (χ0) is 5.86. The predicted molar refractivity (Wildman–Crippen MR) is 29.7 cm³/mol. The quantitative estimate of drug-likeness (QED) is 0.409. The van der Waals surface area contributed by atoms with Crippen molar-refractivity contribution in [1.82, 2.24) is 0 Å². The number of hydrogen-bond donors (Lipinski definition) is 1. The van der Waals surface area contributed by atoms with Gasteiger partial charge in [0.25, 0.3) is 0 Å². The molecule has 1 atom stereocenters. The standard InChI is InChI=1S/C4H7O2S/c1-3-4(2)7(5)6/h3-4,7H,1-2H2. The summed E-state index contributed by atoms with van der Waals surface area (Å²) in [7, 11) is -2.39. The SMILES string of the molecule is [CH2]C(C=C)[SH](=O)=O. The third-order valence-corrected chi connectivity index (χ3v) is 1.30. The Balaban J connectivity index is 3.80. The van der Waals surface area contributed by atoms with Crippen molar-refractivity contribution in [2.24, 2.45) is 0 Å². The summed E-state index contributed by atoms with van der Waals surface area (Å²) in [6.07, 6.45) is 1.28. The third kappa shape index (κ3) is 2.39. The van der Waals surface area contributed by atoms with E-state index < -0.39 is 16.0 Å². The summed E-state index contributed by atoms with van der Waals surface area (Å²) >= 11 is 0. The van der Waals surface area contributed by atoms with Crippen LogP contribution < -0.4 is 0 Å². The van der Waals surface area contributed by atoms with E-state index in [-0.39, 0.29) is 0 Å². The molecule has 41 valence electrons. The van der Waals surface area contributed by atoms with E-state index in [1.54, 1.807) is 0 Å². The van der Waals surface area contributed by atoms with Gasteiger partial charge in [0.15, 0.2) is 0 Å². The molecular formula is C4H7O2S. The van der Waals surface area contributed by atoms with Crippen LogP contribution in [0.5, 0.6) is 0 Å². The van der Waals surface area contributed by atoms with Gasteiger partial charge in [-0.15, -0.1) is 6.58 Å². The molecule has 1 unspecified atom stereocenters. The van der Waals surface area contributed by atoms with Gasteiger partial charge < -0.3 is 0 Å². The molecule has 0 amide bonds. The maximum Gasteiger partial charge on any atom is 0.146 e. The molecule has 0 spiro atoms. The van der Waals surface area contributed by atoms with E-state index >= 15 is 0 Å². The predicted octanol–water partition coefficient (Wildman–Crippen LogP) is -0.0135. The Bertz CT molecular complexity index is 118. The average molecular weight is 119 g/mol.